The minimum absolute atomic E-state index is 0.369. The molecule has 1 aromatic heterocycles. The summed E-state index contributed by atoms with van der Waals surface area (Å²) in [5, 5.41) is 9.94. The van der Waals surface area contributed by atoms with Crippen molar-refractivity contribution in [2.45, 2.75) is 23.3 Å². The van der Waals surface area contributed by atoms with E-state index in [2.05, 4.69) is 27.9 Å². The number of fused-ring (bicyclic) bond motifs is 1. The normalized spacial score (nSPS) is 16.9. The van der Waals surface area contributed by atoms with Gasteiger partial charge < -0.3 is 14.7 Å². The maximum atomic E-state index is 12.4. The van der Waals surface area contributed by atoms with Crippen LogP contribution < -0.4 is 4.72 Å². The zero-order valence-electron chi connectivity index (χ0n) is 17.6. The molecule has 0 saturated carbocycles. The van der Waals surface area contributed by atoms with Gasteiger partial charge in [0.15, 0.2) is 11.0 Å². The summed E-state index contributed by atoms with van der Waals surface area (Å²) in [6, 6.07) is 12.4. The Morgan fingerprint density at radius 2 is 1.97 bits per heavy atom. The SMILES string of the molecule is CSCC1(O)CCN(C)CC1.O=Cc1ccc(NS(=O)c2cccc3scnc23)cc1. The number of hydrogen-bond acceptors (Lipinski definition) is 7. The Kier molecular flexibility index (Phi) is 8.62. The van der Waals surface area contributed by atoms with Crippen molar-refractivity contribution in [1.82, 2.24) is 9.88 Å². The molecule has 4 rings (SSSR count). The van der Waals surface area contributed by atoms with E-state index in [9.17, 15) is 14.1 Å². The molecule has 2 N–H and O–H groups in total. The molecule has 166 valence electrons. The number of thiazole rings is 1. The third-order valence-electron chi connectivity index (χ3n) is 5.11. The smallest absolute Gasteiger partial charge is 0.152 e. The Hall–Kier alpha value is -1.78. The van der Waals surface area contributed by atoms with Crippen LogP contribution in [0.25, 0.3) is 10.2 Å². The van der Waals surface area contributed by atoms with E-state index in [4.69, 9.17) is 0 Å². The largest absolute Gasteiger partial charge is 0.389 e. The van der Waals surface area contributed by atoms with Gasteiger partial charge >= 0.3 is 0 Å². The van der Waals surface area contributed by atoms with Crippen LogP contribution in [0.3, 0.4) is 0 Å². The minimum Gasteiger partial charge on any atom is -0.389 e. The Labute approximate surface area is 193 Å². The van der Waals surface area contributed by atoms with E-state index in [1.165, 1.54) is 11.3 Å². The number of nitrogens with one attached hydrogen (secondary N) is 1. The average Bonchev–Trinajstić information content (AvgIpc) is 3.26. The first-order chi connectivity index (χ1) is 14.9. The van der Waals surface area contributed by atoms with Crippen LogP contribution in [0.4, 0.5) is 5.69 Å². The number of nitrogens with zero attached hydrogens (tertiary/aromatic N) is 2. The number of aliphatic hydroxyl groups is 1. The molecule has 1 aliphatic heterocycles. The van der Waals surface area contributed by atoms with Crippen LogP contribution in [0.5, 0.6) is 0 Å². The Morgan fingerprint density at radius 1 is 1.26 bits per heavy atom. The van der Waals surface area contributed by atoms with Gasteiger partial charge in [0.05, 0.1) is 26.2 Å². The van der Waals surface area contributed by atoms with Gasteiger partial charge in [-0.3, -0.25) is 4.79 Å². The third-order valence-corrected chi connectivity index (χ3v) is 7.88. The molecule has 1 aliphatic rings. The number of rotatable bonds is 6. The number of aldehydes is 1. The van der Waals surface area contributed by atoms with Crippen molar-refractivity contribution in [1.29, 1.82) is 0 Å². The van der Waals surface area contributed by atoms with Crippen molar-refractivity contribution in [2.24, 2.45) is 0 Å². The van der Waals surface area contributed by atoms with E-state index in [-0.39, 0.29) is 5.60 Å². The summed E-state index contributed by atoms with van der Waals surface area (Å²) in [6.07, 6.45) is 4.70. The summed E-state index contributed by atoms with van der Waals surface area (Å²) in [5.74, 6) is 0.890. The molecule has 2 aromatic carbocycles. The number of carbonyl (C=O) groups excluding carboxylic acids is 1. The average molecular weight is 478 g/mol. The molecule has 0 bridgehead atoms. The van der Waals surface area contributed by atoms with Crippen molar-refractivity contribution in [3.8, 4) is 0 Å². The first kappa shape index (κ1) is 23.9. The lowest BCUT2D eigenvalue weighted by molar-refractivity contribution is 0.00532. The van der Waals surface area contributed by atoms with E-state index >= 15 is 0 Å². The lowest BCUT2D eigenvalue weighted by atomic mass is 9.94. The number of thioether (sulfide) groups is 1. The van der Waals surface area contributed by atoms with Crippen LogP contribution in [0, 0.1) is 0 Å². The Bertz CT molecular complexity index is 1020. The molecule has 1 saturated heterocycles. The molecular formula is C22H27N3O3S3. The van der Waals surface area contributed by atoms with Gasteiger partial charge in [-0.05, 0) is 62.5 Å². The number of piperidine rings is 1. The van der Waals surface area contributed by atoms with Crippen LogP contribution in [0.15, 0.2) is 52.9 Å². The quantitative estimate of drug-likeness (QED) is 0.521. The standard InChI is InChI=1S/C14H10N2O2S2.C8H17NOS/c17-8-10-4-6-11(7-5-10)16-20(18)13-3-1-2-12-14(13)15-9-19-12;1-9-5-3-8(10,4-6-9)7-11-2/h1-9,16H;10H,3-7H2,1-2H3. The molecule has 0 amide bonds. The van der Waals surface area contributed by atoms with Gasteiger partial charge in [-0.1, -0.05) is 6.07 Å². The first-order valence-electron chi connectivity index (χ1n) is 9.90. The predicted molar refractivity (Wildman–Crippen MR) is 132 cm³/mol. The second-order valence-electron chi connectivity index (χ2n) is 7.53. The highest BCUT2D eigenvalue weighted by molar-refractivity contribution is 7.98. The lowest BCUT2D eigenvalue weighted by Gasteiger charge is -2.36. The van der Waals surface area contributed by atoms with E-state index in [1.54, 1.807) is 47.6 Å². The Balaban J connectivity index is 0.000000210. The molecule has 1 unspecified atom stereocenters. The molecule has 9 heteroatoms. The van der Waals surface area contributed by atoms with Crippen molar-refractivity contribution in [3.05, 3.63) is 53.5 Å². The van der Waals surface area contributed by atoms with E-state index in [0.29, 0.717) is 16.1 Å². The fourth-order valence-electron chi connectivity index (χ4n) is 3.25. The van der Waals surface area contributed by atoms with Crippen LogP contribution in [0.2, 0.25) is 0 Å². The van der Waals surface area contributed by atoms with Crippen LogP contribution >= 0.6 is 23.1 Å². The molecule has 6 nitrogen and oxygen atoms in total. The minimum atomic E-state index is -1.39. The molecule has 1 fully saturated rings. The van der Waals surface area contributed by atoms with Crippen LogP contribution in [-0.2, 0) is 11.0 Å². The zero-order chi connectivity index (χ0) is 22.3. The van der Waals surface area contributed by atoms with Crippen molar-refractivity contribution < 1.29 is 14.1 Å². The van der Waals surface area contributed by atoms with Gasteiger partial charge in [0.25, 0.3) is 0 Å². The van der Waals surface area contributed by atoms with Crippen LogP contribution in [0.1, 0.15) is 23.2 Å². The van der Waals surface area contributed by atoms with E-state index < -0.39 is 11.0 Å². The fourth-order valence-corrected chi connectivity index (χ4v) is 5.84. The monoisotopic (exact) mass is 477 g/mol. The van der Waals surface area contributed by atoms with Crippen molar-refractivity contribution in [2.75, 3.05) is 36.9 Å². The van der Waals surface area contributed by atoms with Gasteiger partial charge in [-0.25, -0.2) is 9.19 Å². The van der Waals surface area contributed by atoms with Gasteiger partial charge in [0, 0.05) is 30.1 Å². The molecule has 1 atom stereocenters. The van der Waals surface area contributed by atoms with Crippen LogP contribution in [-0.4, -0.2) is 63.2 Å². The van der Waals surface area contributed by atoms with Crippen molar-refractivity contribution >= 4 is 56.3 Å². The predicted octanol–water partition coefficient (Wildman–Crippen LogP) is 4.05. The molecule has 0 radical (unpaired) electrons. The maximum absolute atomic E-state index is 12.4. The molecular weight excluding hydrogens is 450 g/mol. The second-order valence-corrected chi connectivity index (χ2v) is 10.5. The molecule has 2 heterocycles. The first-order valence-corrected chi connectivity index (χ1v) is 13.3. The summed E-state index contributed by atoms with van der Waals surface area (Å²) in [6.45, 7) is 2.08. The molecule has 31 heavy (non-hydrogen) atoms. The van der Waals surface area contributed by atoms with Gasteiger partial charge in [-0.2, -0.15) is 11.8 Å². The maximum Gasteiger partial charge on any atom is 0.152 e. The summed E-state index contributed by atoms with van der Waals surface area (Å²) >= 11 is 3.26. The molecule has 0 spiro atoms. The van der Waals surface area contributed by atoms with E-state index in [1.807, 2.05) is 12.1 Å². The van der Waals surface area contributed by atoms with E-state index in [0.717, 1.165) is 48.2 Å². The molecule has 0 aliphatic carbocycles. The fraction of sp³-hybridized carbons (Fsp3) is 0.364. The highest BCUT2D eigenvalue weighted by Crippen LogP contribution is 2.25. The van der Waals surface area contributed by atoms with Crippen molar-refractivity contribution in [3.63, 3.8) is 0 Å². The Morgan fingerprint density at radius 3 is 2.61 bits per heavy atom. The lowest BCUT2D eigenvalue weighted by Crippen LogP contribution is -2.44. The number of benzene rings is 2. The highest BCUT2D eigenvalue weighted by Gasteiger charge is 2.30. The summed E-state index contributed by atoms with van der Waals surface area (Å²) in [4.78, 5) is 17.8. The molecule has 3 aromatic rings. The zero-order valence-corrected chi connectivity index (χ0v) is 20.1. The number of anilines is 1. The number of aromatic nitrogens is 1. The topological polar surface area (TPSA) is 82.5 Å². The van der Waals surface area contributed by atoms with Gasteiger partial charge in [0.1, 0.15) is 6.29 Å². The summed E-state index contributed by atoms with van der Waals surface area (Å²) in [5.41, 5.74) is 3.41. The number of carbonyl (C=O) groups is 1. The number of para-hydroxylation sites is 1. The summed E-state index contributed by atoms with van der Waals surface area (Å²) < 4.78 is 16.3. The highest BCUT2D eigenvalue weighted by atomic mass is 32.2. The van der Waals surface area contributed by atoms with Gasteiger partial charge in [-0.15, -0.1) is 11.3 Å². The number of likely N-dealkylation sites (tertiary alicyclic amines) is 1. The third kappa shape index (κ3) is 6.60. The summed E-state index contributed by atoms with van der Waals surface area (Å²) in [7, 11) is 0.720. The number of hydrogen-bond donors (Lipinski definition) is 2. The second kappa shape index (κ2) is 11.2. The van der Waals surface area contributed by atoms with Gasteiger partial charge in [0.2, 0.25) is 0 Å².